The third-order valence-corrected chi connectivity index (χ3v) is 5.88. The Morgan fingerprint density at radius 3 is 2.04 bits per heavy atom. The third kappa shape index (κ3) is 3.76. The Bertz CT molecular complexity index is 876. The number of ether oxygens (including phenoxy) is 1. The number of hydrogen-bond donors (Lipinski definition) is 0. The number of aryl methyl sites for hydroxylation is 1. The number of benzene rings is 2. The van der Waals surface area contributed by atoms with Gasteiger partial charge >= 0.3 is 0 Å². The fraction of sp³-hybridized carbons (Fsp3) is 0.278. The molecule has 2 rings (SSSR count). The third-order valence-electron chi connectivity index (χ3n) is 4.10. The SMILES string of the molecule is COc1ccc(S(=O)(=O)N(C)c2ccc(N(C)C(C)=O)cc2)cc1C. The van der Waals surface area contributed by atoms with E-state index in [0.717, 1.165) is 5.56 Å². The van der Waals surface area contributed by atoms with Gasteiger partial charge in [-0.05, 0) is 55.0 Å². The number of rotatable bonds is 5. The second-order valence-electron chi connectivity index (χ2n) is 5.70. The minimum atomic E-state index is -3.69. The van der Waals surface area contributed by atoms with Crippen LogP contribution in [-0.2, 0) is 14.8 Å². The molecule has 0 saturated carbocycles. The summed E-state index contributed by atoms with van der Waals surface area (Å²) in [6.07, 6.45) is 0. The van der Waals surface area contributed by atoms with Gasteiger partial charge in [-0.3, -0.25) is 9.10 Å². The lowest BCUT2D eigenvalue weighted by atomic mass is 10.2. The molecule has 0 unspecified atom stereocenters. The quantitative estimate of drug-likeness (QED) is 0.820. The number of carbonyl (C=O) groups excluding carboxylic acids is 1. The van der Waals surface area contributed by atoms with Gasteiger partial charge in [-0.2, -0.15) is 0 Å². The number of anilines is 2. The molecule has 0 N–H and O–H groups in total. The number of sulfonamides is 1. The molecule has 0 aliphatic rings. The van der Waals surface area contributed by atoms with E-state index in [9.17, 15) is 13.2 Å². The summed E-state index contributed by atoms with van der Waals surface area (Å²) >= 11 is 0. The summed E-state index contributed by atoms with van der Waals surface area (Å²) in [5, 5.41) is 0. The van der Waals surface area contributed by atoms with Crippen LogP contribution in [-0.4, -0.2) is 35.5 Å². The van der Waals surface area contributed by atoms with E-state index >= 15 is 0 Å². The van der Waals surface area contributed by atoms with Crippen LogP contribution >= 0.6 is 0 Å². The number of amides is 1. The molecule has 2 aromatic rings. The Balaban J connectivity index is 2.33. The Kier molecular flexibility index (Phi) is 5.37. The highest BCUT2D eigenvalue weighted by Gasteiger charge is 2.22. The van der Waals surface area contributed by atoms with Crippen LogP contribution in [0, 0.1) is 6.92 Å². The molecule has 2 aromatic carbocycles. The molecule has 0 bridgehead atoms. The normalized spacial score (nSPS) is 11.1. The van der Waals surface area contributed by atoms with Gasteiger partial charge in [-0.25, -0.2) is 8.42 Å². The van der Waals surface area contributed by atoms with Crippen LogP contribution in [0.1, 0.15) is 12.5 Å². The molecule has 0 aliphatic carbocycles. The van der Waals surface area contributed by atoms with E-state index in [1.54, 1.807) is 57.5 Å². The first kappa shape index (κ1) is 18.8. The second kappa shape index (κ2) is 7.14. The van der Waals surface area contributed by atoms with Crippen LogP contribution in [0.3, 0.4) is 0 Å². The fourth-order valence-corrected chi connectivity index (χ4v) is 3.66. The Hall–Kier alpha value is -2.54. The van der Waals surface area contributed by atoms with Crippen molar-refractivity contribution in [3.8, 4) is 5.75 Å². The fourth-order valence-electron chi connectivity index (χ4n) is 2.38. The first-order valence-electron chi connectivity index (χ1n) is 7.66. The van der Waals surface area contributed by atoms with Gasteiger partial charge in [-0.1, -0.05) is 0 Å². The average molecular weight is 362 g/mol. The van der Waals surface area contributed by atoms with E-state index in [2.05, 4.69) is 0 Å². The highest BCUT2D eigenvalue weighted by molar-refractivity contribution is 7.92. The smallest absolute Gasteiger partial charge is 0.264 e. The molecule has 0 saturated heterocycles. The second-order valence-corrected chi connectivity index (χ2v) is 7.67. The largest absolute Gasteiger partial charge is 0.496 e. The molecule has 25 heavy (non-hydrogen) atoms. The van der Waals surface area contributed by atoms with E-state index in [1.807, 2.05) is 0 Å². The molecule has 7 heteroatoms. The van der Waals surface area contributed by atoms with Gasteiger partial charge in [0.2, 0.25) is 5.91 Å². The number of carbonyl (C=O) groups is 1. The number of nitrogens with zero attached hydrogens (tertiary/aromatic N) is 2. The van der Waals surface area contributed by atoms with Crippen molar-refractivity contribution in [2.75, 3.05) is 30.4 Å². The van der Waals surface area contributed by atoms with E-state index in [0.29, 0.717) is 17.1 Å². The van der Waals surface area contributed by atoms with Crippen molar-refractivity contribution in [2.24, 2.45) is 0 Å². The number of methoxy groups -OCH3 is 1. The predicted octanol–water partition coefficient (Wildman–Crippen LogP) is 2.81. The molecule has 0 aliphatic heterocycles. The van der Waals surface area contributed by atoms with Gasteiger partial charge in [0.25, 0.3) is 10.0 Å². The Labute approximate surface area is 148 Å². The van der Waals surface area contributed by atoms with Crippen molar-refractivity contribution in [3.05, 3.63) is 48.0 Å². The molecule has 0 atom stereocenters. The Morgan fingerprint density at radius 1 is 1.00 bits per heavy atom. The summed E-state index contributed by atoms with van der Waals surface area (Å²) in [6.45, 7) is 3.26. The lowest BCUT2D eigenvalue weighted by Gasteiger charge is -2.21. The molecule has 0 spiro atoms. The van der Waals surface area contributed by atoms with Gasteiger partial charge in [0.1, 0.15) is 5.75 Å². The minimum absolute atomic E-state index is 0.0950. The highest BCUT2D eigenvalue weighted by atomic mass is 32.2. The highest BCUT2D eigenvalue weighted by Crippen LogP contribution is 2.27. The van der Waals surface area contributed by atoms with E-state index in [-0.39, 0.29) is 10.8 Å². The van der Waals surface area contributed by atoms with E-state index in [4.69, 9.17) is 4.74 Å². The van der Waals surface area contributed by atoms with Crippen molar-refractivity contribution in [1.82, 2.24) is 0 Å². The van der Waals surface area contributed by atoms with Crippen molar-refractivity contribution in [1.29, 1.82) is 0 Å². The van der Waals surface area contributed by atoms with E-state index < -0.39 is 10.0 Å². The van der Waals surface area contributed by atoms with Crippen molar-refractivity contribution >= 4 is 27.3 Å². The van der Waals surface area contributed by atoms with Crippen molar-refractivity contribution in [3.63, 3.8) is 0 Å². The minimum Gasteiger partial charge on any atom is -0.496 e. The lowest BCUT2D eigenvalue weighted by Crippen LogP contribution is -2.27. The zero-order valence-electron chi connectivity index (χ0n) is 15.0. The number of hydrogen-bond acceptors (Lipinski definition) is 4. The zero-order valence-corrected chi connectivity index (χ0v) is 15.8. The van der Waals surface area contributed by atoms with Gasteiger partial charge in [0, 0.05) is 26.7 Å². The lowest BCUT2D eigenvalue weighted by molar-refractivity contribution is -0.116. The monoisotopic (exact) mass is 362 g/mol. The zero-order chi connectivity index (χ0) is 18.8. The van der Waals surface area contributed by atoms with Gasteiger partial charge in [0.05, 0.1) is 17.7 Å². The molecule has 0 heterocycles. The summed E-state index contributed by atoms with van der Waals surface area (Å²) < 4.78 is 32.1. The van der Waals surface area contributed by atoms with Crippen LogP contribution in [0.15, 0.2) is 47.4 Å². The summed E-state index contributed by atoms with van der Waals surface area (Å²) in [6, 6.07) is 11.5. The standard InChI is InChI=1S/C18H22N2O4S/c1-13-12-17(10-11-18(13)24-5)25(22,23)20(4)16-8-6-15(7-9-16)19(3)14(2)21/h6-12H,1-5H3. The molecular formula is C18H22N2O4S. The van der Waals surface area contributed by atoms with Gasteiger partial charge < -0.3 is 9.64 Å². The molecule has 0 radical (unpaired) electrons. The van der Waals surface area contributed by atoms with E-state index in [1.165, 1.54) is 29.2 Å². The molecule has 6 nitrogen and oxygen atoms in total. The molecule has 134 valence electrons. The molecule has 0 fully saturated rings. The molecule has 1 amide bonds. The Morgan fingerprint density at radius 2 is 1.56 bits per heavy atom. The summed E-state index contributed by atoms with van der Waals surface area (Å²) in [4.78, 5) is 13.1. The maximum atomic E-state index is 12.8. The van der Waals surface area contributed by atoms with Crippen LogP contribution in [0.5, 0.6) is 5.75 Å². The maximum Gasteiger partial charge on any atom is 0.264 e. The van der Waals surface area contributed by atoms with Gasteiger partial charge in [-0.15, -0.1) is 0 Å². The van der Waals surface area contributed by atoms with Crippen LogP contribution in [0.2, 0.25) is 0 Å². The summed E-state index contributed by atoms with van der Waals surface area (Å²) in [7, 11) is 1.02. The van der Waals surface area contributed by atoms with Crippen LogP contribution in [0.25, 0.3) is 0 Å². The average Bonchev–Trinajstić information content (AvgIpc) is 2.60. The first-order chi connectivity index (χ1) is 11.7. The summed E-state index contributed by atoms with van der Waals surface area (Å²) in [5.41, 5.74) is 1.95. The molecular weight excluding hydrogens is 340 g/mol. The van der Waals surface area contributed by atoms with Crippen LogP contribution < -0.4 is 13.9 Å². The maximum absolute atomic E-state index is 12.8. The molecule has 0 aromatic heterocycles. The topological polar surface area (TPSA) is 66.9 Å². The van der Waals surface area contributed by atoms with Crippen LogP contribution in [0.4, 0.5) is 11.4 Å². The summed E-state index contributed by atoms with van der Waals surface area (Å²) in [5.74, 6) is 0.542. The van der Waals surface area contributed by atoms with Crippen molar-refractivity contribution in [2.45, 2.75) is 18.7 Å². The predicted molar refractivity (Wildman–Crippen MR) is 98.8 cm³/mol. The first-order valence-corrected chi connectivity index (χ1v) is 9.10. The van der Waals surface area contributed by atoms with Crippen molar-refractivity contribution < 1.29 is 17.9 Å². The van der Waals surface area contributed by atoms with Gasteiger partial charge in [0.15, 0.2) is 0 Å².